The van der Waals surface area contributed by atoms with Gasteiger partial charge in [-0.2, -0.15) is 0 Å². The SMILES string of the molecule is C#CC(OC(C)=O)c1cccn(C)c1=O. The molecule has 0 amide bonds. The first-order valence-corrected chi connectivity index (χ1v) is 4.35. The highest BCUT2D eigenvalue weighted by Gasteiger charge is 2.15. The Hall–Kier alpha value is -2.02. The van der Waals surface area contributed by atoms with Crippen molar-refractivity contribution >= 4 is 5.97 Å². The van der Waals surface area contributed by atoms with Gasteiger partial charge in [-0.25, -0.2) is 0 Å². The molecule has 0 aliphatic heterocycles. The third kappa shape index (κ3) is 2.47. The molecule has 0 bridgehead atoms. The molecule has 1 heterocycles. The molecule has 1 atom stereocenters. The van der Waals surface area contributed by atoms with E-state index in [4.69, 9.17) is 11.2 Å². The van der Waals surface area contributed by atoms with Crippen LogP contribution in [0.4, 0.5) is 0 Å². The second-order valence-corrected chi connectivity index (χ2v) is 3.04. The second-order valence-electron chi connectivity index (χ2n) is 3.04. The lowest BCUT2D eigenvalue weighted by Gasteiger charge is -2.10. The lowest BCUT2D eigenvalue weighted by molar-refractivity contribution is -0.144. The third-order valence-electron chi connectivity index (χ3n) is 1.87. The van der Waals surface area contributed by atoms with Crippen molar-refractivity contribution in [2.75, 3.05) is 0 Å². The van der Waals surface area contributed by atoms with Crippen LogP contribution < -0.4 is 5.56 Å². The predicted octanol–water partition coefficient (Wildman–Crippen LogP) is 0.623. The van der Waals surface area contributed by atoms with Crippen LogP contribution in [-0.2, 0) is 16.6 Å². The van der Waals surface area contributed by atoms with Crippen LogP contribution in [0, 0.1) is 12.3 Å². The van der Waals surface area contributed by atoms with Crippen LogP contribution in [0.25, 0.3) is 0 Å². The molecule has 1 unspecified atom stereocenters. The van der Waals surface area contributed by atoms with E-state index in [-0.39, 0.29) is 11.1 Å². The fourth-order valence-electron chi connectivity index (χ4n) is 1.17. The molecule has 0 N–H and O–H groups in total. The Balaban J connectivity index is 3.14. The van der Waals surface area contributed by atoms with Crippen LogP contribution in [-0.4, -0.2) is 10.5 Å². The second kappa shape index (κ2) is 4.47. The molecule has 15 heavy (non-hydrogen) atoms. The van der Waals surface area contributed by atoms with Crippen molar-refractivity contribution in [2.45, 2.75) is 13.0 Å². The number of terminal acetylenes is 1. The lowest BCUT2D eigenvalue weighted by Crippen LogP contribution is -2.23. The summed E-state index contributed by atoms with van der Waals surface area (Å²) in [5.74, 6) is 1.75. The number of aryl methyl sites for hydroxylation is 1. The van der Waals surface area contributed by atoms with Crippen LogP contribution in [0.5, 0.6) is 0 Å². The molecule has 1 rings (SSSR count). The van der Waals surface area contributed by atoms with Crippen molar-refractivity contribution in [3.05, 3.63) is 34.2 Å². The number of carbonyl (C=O) groups is 1. The minimum Gasteiger partial charge on any atom is -0.444 e. The molecule has 0 radical (unpaired) electrons. The number of ether oxygens (including phenoxy) is 1. The summed E-state index contributed by atoms with van der Waals surface area (Å²) in [6.45, 7) is 1.25. The summed E-state index contributed by atoms with van der Waals surface area (Å²) in [7, 11) is 1.60. The topological polar surface area (TPSA) is 48.3 Å². The third-order valence-corrected chi connectivity index (χ3v) is 1.87. The molecule has 0 aromatic carbocycles. The van der Waals surface area contributed by atoms with Crippen LogP contribution in [0.1, 0.15) is 18.6 Å². The summed E-state index contributed by atoms with van der Waals surface area (Å²) in [6, 6.07) is 3.22. The minimum absolute atomic E-state index is 0.262. The van der Waals surface area contributed by atoms with E-state index in [1.54, 1.807) is 25.4 Å². The number of nitrogens with zero attached hydrogens (tertiary/aromatic N) is 1. The Kier molecular flexibility index (Phi) is 3.29. The number of hydrogen-bond donors (Lipinski definition) is 0. The van der Waals surface area contributed by atoms with Crippen LogP contribution >= 0.6 is 0 Å². The number of aromatic nitrogens is 1. The fourth-order valence-corrected chi connectivity index (χ4v) is 1.17. The Morgan fingerprint density at radius 3 is 2.87 bits per heavy atom. The van der Waals surface area contributed by atoms with E-state index < -0.39 is 12.1 Å². The highest BCUT2D eigenvalue weighted by atomic mass is 16.5. The minimum atomic E-state index is -0.914. The zero-order valence-corrected chi connectivity index (χ0v) is 8.56. The highest BCUT2D eigenvalue weighted by Crippen LogP contribution is 2.11. The maximum absolute atomic E-state index is 11.6. The first-order chi connectivity index (χ1) is 7.06. The fraction of sp³-hybridized carbons (Fsp3) is 0.273. The molecule has 0 spiro atoms. The largest absolute Gasteiger partial charge is 0.444 e. The van der Waals surface area contributed by atoms with Gasteiger partial charge < -0.3 is 9.30 Å². The molecule has 0 aliphatic carbocycles. The molecule has 0 fully saturated rings. The Bertz CT molecular complexity index is 467. The molecule has 4 heteroatoms. The van der Waals surface area contributed by atoms with Gasteiger partial charge in [0.1, 0.15) is 0 Å². The van der Waals surface area contributed by atoms with E-state index in [1.807, 2.05) is 0 Å². The van der Waals surface area contributed by atoms with Crippen LogP contribution in [0.15, 0.2) is 23.1 Å². The van der Waals surface area contributed by atoms with E-state index in [1.165, 1.54) is 11.5 Å². The zero-order chi connectivity index (χ0) is 11.4. The molecule has 78 valence electrons. The summed E-state index contributed by atoms with van der Waals surface area (Å²) in [5, 5.41) is 0. The van der Waals surface area contributed by atoms with Crippen molar-refractivity contribution < 1.29 is 9.53 Å². The Labute approximate surface area is 87.5 Å². The van der Waals surface area contributed by atoms with Gasteiger partial charge in [-0.3, -0.25) is 9.59 Å². The van der Waals surface area contributed by atoms with Gasteiger partial charge in [-0.1, -0.05) is 5.92 Å². The van der Waals surface area contributed by atoms with Crippen molar-refractivity contribution in [3.63, 3.8) is 0 Å². The van der Waals surface area contributed by atoms with Crippen LogP contribution in [0.2, 0.25) is 0 Å². The summed E-state index contributed by atoms with van der Waals surface area (Å²) < 4.78 is 6.21. The highest BCUT2D eigenvalue weighted by molar-refractivity contribution is 5.66. The van der Waals surface area contributed by atoms with Crippen LogP contribution in [0.3, 0.4) is 0 Å². The number of esters is 1. The Morgan fingerprint density at radius 2 is 2.33 bits per heavy atom. The van der Waals surface area contributed by atoms with Gasteiger partial charge >= 0.3 is 5.97 Å². The molecule has 1 aromatic heterocycles. The van der Waals surface area contributed by atoms with E-state index in [9.17, 15) is 9.59 Å². The van der Waals surface area contributed by atoms with Crippen molar-refractivity contribution in [3.8, 4) is 12.3 Å². The van der Waals surface area contributed by atoms with E-state index >= 15 is 0 Å². The maximum atomic E-state index is 11.6. The van der Waals surface area contributed by atoms with Crippen molar-refractivity contribution in [2.24, 2.45) is 7.05 Å². The zero-order valence-electron chi connectivity index (χ0n) is 8.56. The normalized spacial score (nSPS) is 11.5. The molecule has 0 aliphatic rings. The molecule has 0 saturated heterocycles. The quantitative estimate of drug-likeness (QED) is 0.525. The number of rotatable bonds is 2. The molecular formula is C11H11NO3. The van der Waals surface area contributed by atoms with E-state index in [0.29, 0.717) is 0 Å². The lowest BCUT2D eigenvalue weighted by atomic mass is 10.1. The Morgan fingerprint density at radius 1 is 1.67 bits per heavy atom. The van der Waals surface area contributed by atoms with Gasteiger partial charge in [0.2, 0.25) is 0 Å². The van der Waals surface area contributed by atoms with E-state index in [0.717, 1.165) is 0 Å². The summed E-state index contributed by atoms with van der Waals surface area (Å²) in [4.78, 5) is 22.4. The average molecular weight is 205 g/mol. The number of hydrogen-bond acceptors (Lipinski definition) is 3. The summed E-state index contributed by atoms with van der Waals surface area (Å²) in [6.07, 6.45) is 5.89. The first-order valence-electron chi connectivity index (χ1n) is 4.35. The van der Waals surface area contributed by atoms with Gasteiger partial charge in [0, 0.05) is 20.2 Å². The molecule has 1 aromatic rings. The number of carbonyl (C=O) groups excluding carboxylic acids is 1. The monoisotopic (exact) mass is 205 g/mol. The van der Waals surface area contributed by atoms with Gasteiger partial charge in [-0.05, 0) is 12.1 Å². The average Bonchev–Trinajstić information content (AvgIpc) is 2.19. The molecule has 4 nitrogen and oxygen atoms in total. The smallest absolute Gasteiger partial charge is 0.304 e. The van der Waals surface area contributed by atoms with Gasteiger partial charge in [0.25, 0.3) is 5.56 Å². The summed E-state index contributed by atoms with van der Waals surface area (Å²) in [5.41, 5.74) is 0.0272. The van der Waals surface area contributed by atoms with Gasteiger partial charge in [-0.15, -0.1) is 6.42 Å². The molecular weight excluding hydrogens is 194 g/mol. The van der Waals surface area contributed by atoms with Crippen molar-refractivity contribution in [1.29, 1.82) is 0 Å². The number of pyridine rings is 1. The predicted molar refractivity (Wildman–Crippen MR) is 55.0 cm³/mol. The van der Waals surface area contributed by atoms with Gasteiger partial charge in [0.05, 0.1) is 5.56 Å². The first kappa shape index (κ1) is 11.1. The van der Waals surface area contributed by atoms with E-state index in [2.05, 4.69) is 5.92 Å². The molecule has 0 saturated carbocycles. The van der Waals surface area contributed by atoms with Crippen molar-refractivity contribution in [1.82, 2.24) is 4.57 Å². The maximum Gasteiger partial charge on any atom is 0.304 e. The standard InChI is InChI=1S/C11H11NO3/c1-4-10(15-8(2)13)9-6-5-7-12(3)11(9)14/h1,5-7,10H,2-3H3. The summed E-state index contributed by atoms with van der Waals surface area (Å²) >= 11 is 0. The van der Waals surface area contributed by atoms with Gasteiger partial charge in [0.15, 0.2) is 6.10 Å².